The Bertz CT molecular complexity index is 708. The first-order valence-electron chi connectivity index (χ1n) is 6.86. The average Bonchev–Trinajstić information content (AvgIpc) is 2.58. The van der Waals surface area contributed by atoms with Crippen LogP contribution in [-0.4, -0.2) is 38.1 Å². The monoisotopic (exact) mass is 371 g/mol. The first-order chi connectivity index (χ1) is 11.5. The van der Waals surface area contributed by atoms with Crippen molar-refractivity contribution in [1.82, 2.24) is 5.32 Å². The van der Waals surface area contributed by atoms with Crippen molar-refractivity contribution in [2.45, 2.75) is 17.7 Å². The normalized spacial score (nSPS) is 16.6. The van der Waals surface area contributed by atoms with E-state index in [1.807, 2.05) is 0 Å². The Kier molecular flexibility index (Phi) is 4.75. The van der Waals surface area contributed by atoms with Gasteiger partial charge in [0.05, 0.1) is 5.57 Å². The van der Waals surface area contributed by atoms with E-state index in [-0.39, 0.29) is 5.75 Å². The van der Waals surface area contributed by atoms with Gasteiger partial charge < -0.3 is 10.1 Å². The van der Waals surface area contributed by atoms with E-state index in [1.165, 1.54) is 7.05 Å². The standard InChI is InChI=1S/C15H12F7NO2/c1-23-12(24)10-5-13(6-16,7-17)25-11-3-2-8(4-9(10)11)14(18,19)15(20,21)22/h2-5H,6-7H2,1H3,(H,23,24). The third-order valence-electron chi connectivity index (χ3n) is 3.63. The van der Waals surface area contributed by atoms with Crippen LogP contribution < -0.4 is 10.1 Å². The van der Waals surface area contributed by atoms with E-state index >= 15 is 0 Å². The Morgan fingerprint density at radius 2 is 1.76 bits per heavy atom. The van der Waals surface area contributed by atoms with Gasteiger partial charge in [-0.25, -0.2) is 8.78 Å². The molecule has 1 aromatic rings. The predicted molar refractivity (Wildman–Crippen MR) is 73.7 cm³/mol. The summed E-state index contributed by atoms with van der Waals surface area (Å²) in [7, 11) is 1.17. The number of fused-ring (bicyclic) bond motifs is 1. The van der Waals surface area contributed by atoms with Gasteiger partial charge in [-0.15, -0.1) is 0 Å². The predicted octanol–water partition coefficient (Wildman–Crippen LogP) is 3.54. The van der Waals surface area contributed by atoms with Crippen LogP contribution in [0, 0.1) is 0 Å². The molecule has 0 radical (unpaired) electrons. The molecule has 1 amide bonds. The van der Waals surface area contributed by atoms with E-state index < -0.39 is 53.7 Å². The van der Waals surface area contributed by atoms with Gasteiger partial charge in [0.1, 0.15) is 19.1 Å². The third kappa shape index (κ3) is 3.16. The molecule has 0 unspecified atom stereocenters. The lowest BCUT2D eigenvalue weighted by Crippen LogP contribution is -2.42. The molecule has 0 fully saturated rings. The number of amides is 1. The van der Waals surface area contributed by atoms with Crippen LogP contribution in [0.3, 0.4) is 0 Å². The molecule has 0 bridgehead atoms. The highest BCUT2D eigenvalue weighted by atomic mass is 19.4. The third-order valence-corrected chi connectivity index (χ3v) is 3.63. The van der Waals surface area contributed by atoms with Gasteiger partial charge >= 0.3 is 12.1 Å². The smallest absolute Gasteiger partial charge is 0.458 e. The molecule has 138 valence electrons. The highest BCUT2D eigenvalue weighted by Gasteiger charge is 2.59. The van der Waals surface area contributed by atoms with Gasteiger partial charge in [-0.1, -0.05) is 0 Å². The molecular formula is C15H12F7NO2. The number of carbonyl (C=O) groups excluding carboxylic acids is 1. The first kappa shape index (κ1) is 19.1. The zero-order valence-corrected chi connectivity index (χ0v) is 12.7. The van der Waals surface area contributed by atoms with Gasteiger partial charge in [0.2, 0.25) is 0 Å². The summed E-state index contributed by atoms with van der Waals surface area (Å²) in [5.74, 6) is -6.47. The molecule has 1 aromatic carbocycles. The fourth-order valence-corrected chi connectivity index (χ4v) is 2.27. The maximum absolute atomic E-state index is 13.5. The van der Waals surface area contributed by atoms with Gasteiger partial charge in [0, 0.05) is 18.2 Å². The number of carbonyl (C=O) groups is 1. The lowest BCUT2D eigenvalue weighted by Gasteiger charge is -2.33. The van der Waals surface area contributed by atoms with Crippen LogP contribution in [0.1, 0.15) is 11.1 Å². The maximum Gasteiger partial charge on any atom is 0.458 e. The number of alkyl halides is 7. The molecule has 1 aliphatic heterocycles. The SMILES string of the molecule is CNC(=O)C1=CC(CF)(CF)Oc2ccc(C(F)(F)C(F)(F)F)cc21. The quantitative estimate of drug-likeness (QED) is 0.823. The molecule has 0 atom stereocenters. The lowest BCUT2D eigenvalue weighted by molar-refractivity contribution is -0.289. The van der Waals surface area contributed by atoms with E-state index in [1.54, 1.807) is 0 Å². The molecule has 0 spiro atoms. The summed E-state index contributed by atoms with van der Waals surface area (Å²) in [5.41, 5.74) is -4.45. The summed E-state index contributed by atoms with van der Waals surface area (Å²) in [4.78, 5) is 11.9. The molecule has 25 heavy (non-hydrogen) atoms. The van der Waals surface area contributed by atoms with Gasteiger partial charge in [-0.05, 0) is 24.3 Å². The van der Waals surface area contributed by atoms with E-state index in [9.17, 15) is 35.5 Å². The van der Waals surface area contributed by atoms with E-state index in [0.29, 0.717) is 12.1 Å². The zero-order valence-electron chi connectivity index (χ0n) is 12.7. The number of nitrogens with one attached hydrogen (secondary N) is 1. The Balaban J connectivity index is 2.64. The summed E-state index contributed by atoms with van der Waals surface area (Å²) < 4.78 is 96.1. The van der Waals surface area contributed by atoms with Crippen LogP contribution in [0.2, 0.25) is 0 Å². The molecule has 0 aromatic heterocycles. The van der Waals surface area contributed by atoms with Crippen LogP contribution in [0.25, 0.3) is 5.57 Å². The second-order valence-electron chi connectivity index (χ2n) is 5.35. The van der Waals surface area contributed by atoms with Crippen molar-refractivity contribution in [3.63, 3.8) is 0 Å². The van der Waals surface area contributed by atoms with Crippen LogP contribution in [0.5, 0.6) is 5.75 Å². The first-order valence-corrected chi connectivity index (χ1v) is 6.86. The van der Waals surface area contributed by atoms with Crippen LogP contribution in [-0.2, 0) is 10.7 Å². The lowest BCUT2D eigenvalue weighted by atomic mass is 9.91. The molecule has 10 heteroatoms. The number of benzene rings is 1. The molecule has 1 heterocycles. The average molecular weight is 371 g/mol. The Labute approximate surface area is 137 Å². The van der Waals surface area contributed by atoms with E-state index in [2.05, 4.69) is 5.32 Å². The van der Waals surface area contributed by atoms with Gasteiger partial charge in [0.25, 0.3) is 5.91 Å². The van der Waals surface area contributed by atoms with Crippen molar-refractivity contribution in [3.05, 3.63) is 35.4 Å². The van der Waals surface area contributed by atoms with Crippen molar-refractivity contribution in [2.75, 3.05) is 20.4 Å². The minimum Gasteiger partial charge on any atom is -0.477 e. The summed E-state index contributed by atoms with van der Waals surface area (Å²) >= 11 is 0. The summed E-state index contributed by atoms with van der Waals surface area (Å²) in [6.45, 7) is -2.74. The van der Waals surface area contributed by atoms with Crippen molar-refractivity contribution < 1.29 is 40.3 Å². The van der Waals surface area contributed by atoms with Crippen molar-refractivity contribution in [2.24, 2.45) is 0 Å². The van der Waals surface area contributed by atoms with Crippen molar-refractivity contribution in [1.29, 1.82) is 0 Å². The van der Waals surface area contributed by atoms with Crippen molar-refractivity contribution >= 4 is 11.5 Å². The molecule has 0 aliphatic carbocycles. The summed E-state index contributed by atoms with van der Waals surface area (Å²) in [6.07, 6.45) is -5.11. The molecule has 0 saturated carbocycles. The highest BCUT2D eigenvalue weighted by molar-refractivity contribution is 6.20. The number of halogens is 7. The zero-order chi connectivity index (χ0) is 19.0. The number of rotatable bonds is 4. The molecule has 2 rings (SSSR count). The minimum absolute atomic E-state index is 0.377. The second-order valence-corrected chi connectivity index (χ2v) is 5.35. The number of hydrogen-bond acceptors (Lipinski definition) is 2. The molecule has 0 saturated heterocycles. The van der Waals surface area contributed by atoms with Crippen LogP contribution in [0.4, 0.5) is 30.7 Å². The maximum atomic E-state index is 13.5. The largest absolute Gasteiger partial charge is 0.477 e. The fraction of sp³-hybridized carbons (Fsp3) is 0.400. The van der Waals surface area contributed by atoms with Gasteiger partial charge in [0.15, 0.2) is 5.60 Å². The summed E-state index contributed by atoms with van der Waals surface area (Å²) in [6, 6.07) is 1.57. The number of ether oxygens (including phenoxy) is 1. The molecule has 1 aliphatic rings. The van der Waals surface area contributed by atoms with Gasteiger partial charge in [-0.2, -0.15) is 22.0 Å². The second kappa shape index (κ2) is 6.23. The van der Waals surface area contributed by atoms with E-state index in [0.717, 1.165) is 12.1 Å². The van der Waals surface area contributed by atoms with Gasteiger partial charge in [-0.3, -0.25) is 4.79 Å². The van der Waals surface area contributed by atoms with Crippen LogP contribution >= 0.6 is 0 Å². The van der Waals surface area contributed by atoms with Crippen LogP contribution in [0.15, 0.2) is 24.3 Å². The Morgan fingerprint density at radius 1 is 1.16 bits per heavy atom. The number of hydrogen-bond donors (Lipinski definition) is 1. The minimum atomic E-state index is -5.85. The Morgan fingerprint density at radius 3 is 2.24 bits per heavy atom. The summed E-state index contributed by atoms with van der Waals surface area (Å²) in [5, 5.41) is 2.13. The molecular weight excluding hydrogens is 359 g/mol. The number of likely N-dealkylation sites (N-methyl/N-ethyl adjacent to an activating group) is 1. The molecule has 1 N–H and O–H groups in total. The topological polar surface area (TPSA) is 38.3 Å². The van der Waals surface area contributed by atoms with Crippen molar-refractivity contribution in [3.8, 4) is 5.75 Å². The van der Waals surface area contributed by atoms with E-state index in [4.69, 9.17) is 4.74 Å². The highest BCUT2D eigenvalue weighted by Crippen LogP contribution is 2.46. The molecule has 3 nitrogen and oxygen atoms in total. The fourth-order valence-electron chi connectivity index (χ4n) is 2.27. The Hall–Kier alpha value is -2.26.